The molecule has 2 aliphatic rings. The minimum Gasteiger partial charge on any atom is -0.507 e. The van der Waals surface area contributed by atoms with Crippen LogP contribution in [0.3, 0.4) is 0 Å². The van der Waals surface area contributed by atoms with Crippen LogP contribution in [0, 0.1) is 0 Å². The molecule has 1 fully saturated rings. The summed E-state index contributed by atoms with van der Waals surface area (Å²) in [5.74, 6) is -1.12. The van der Waals surface area contributed by atoms with Gasteiger partial charge in [-0.15, -0.1) is 0 Å². The summed E-state index contributed by atoms with van der Waals surface area (Å²) in [6.07, 6.45) is 3.09. The molecule has 1 aromatic heterocycles. The molecule has 2 aromatic carbocycles. The molecule has 1 amide bonds. The number of ketones is 1. The number of benzene rings is 2. The lowest BCUT2D eigenvalue weighted by molar-refractivity contribution is -0.132. The molecule has 0 spiro atoms. The van der Waals surface area contributed by atoms with Gasteiger partial charge in [-0.1, -0.05) is 12.1 Å². The van der Waals surface area contributed by atoms with E-state index in [4.69, 9.17) is 9.15 Å². The Morgan fingerprint density at radius 3 is 2.68 bits per heavy atom. The van der Waals surface area contributed by atoms with E-state index >= 15 is 0 Å². The lowest BCUT2D eigenvalue weighted by Gasteiger charge is -2.24. The Morgan fingerprint density at radius 2 is 1.90 bits per heavy atom. The van der Waals surface area contributed by atoms with Gasteiger partial charge in [0.05, 0.1) is 24.1 Å². The maximum absolute atomic E-state index is 13.1. The summed E-state index contributed by atoms with van der Waals surface area (Å²) in [6, 6.07) is 13.7. The molecule has 31 heavy (non-hydrogen) atoms. The summed E-state index contributed by atoms with van der Waals surface area (Å²) >= 11 is 0. The van der Waals surface area contributed by atoms with Crippen molar-refractivity contribution < 1.29 is 29.0 Å². The number of hydrogen-bond donors (Lipinski definition) is 2. The molecular formula is C24H19NO6. The average molecular weight is 417 g/mol. The first-order valence-electron chi connectivity index (χ1n) is 9.95. The number of aliphatic hydroxyl groups excluding tert-OH is 1. The van der Waals surface area contributed by atoms with Crippen molar-refractivity contribution in [2.24, 2.45) is 0 Å². The van der Waals surface area contributed by atoms with Crippen molar-refractivity contribution >= 4 is 23.1 Å². The van der Waals surface area contributed by atoms with Crippen LogP contribution in [0.2, 0.25) is 0 Å². The van der Waals surface area contributed by atoms with Crippen molar-refractivity contribution in [3.63, 3.8) is 0 Å². The second-order valence-corrected chi connectivity index (χ2v) is 7.45. The summed E-state index contributed by atoms with van der Waals surface area (Å²) < 4.78 is 11.1. The van der Waals surface area contributed by atoms with E-state index in [1.165, 1.54) is 18.4 Å². The van der Waals surface area contributed by atoms with E-state index < -0.39 is 17.7 Å². The molecular weight excluding hydrogens is 398 g/mol. The van der Waals surface area contributed by atoms with Crippen LogP contribution in [-0.2, 0) is 16.0 Å². The van der Waals surface area contributed by atoms with E-state index in [1.807, 2.05) is 0 Å². The third-order valence-corrected chi connectivity index (χ3v) is 5.58. The molecule has 2 N–H and O–H groups in total. The SMILES string of the molecule is O=C1C(=O)N(c2ccccc2O)C(c2ccco2)/C1=C(/O)c1ccc2c(c1)CCCO2. The predicted molar refractivity (Wildman–Crippen MR) is 112 cm³/mol. The molecule has 2 aliphatic heterocycles. The van der Waals surface area contributed by atoms with Gasteiger partial charge < -0.3 is 19.4 Å². The summed E-state index contributed by atoms with van der Waals surface area (Å²) in [5, 5.41) is 21.5. The zero-order chi connectivity index (χ0) is 21.5. The van der Waals surface area contributed by atoms with Gasteiger partial charge in [0, 0.05) is 5.56 Å². The molecule has 1 saturated heterocycles. The highest BCUT2D eigenvalue weighted by molar-refractivity contribution is 6.51. The van der Waals surface area contributed by atoms with Crippen LogP contribution in [0.15, 0.2) is 70.9 Å². The van der Waals surface area contributed by atoms with Gasteiger partial charge in [0.2, 0.25) is 0 Å². The number of fused-ring (bicyclic) bond motifs is 1. The molecule has 5 rings (SSSR count). The van der Waals surface area contributed by atoms with Gasteiger partial charge in [0.1, 0.15) is 29.1 Å². The number of Topliss-reactive ketones (excluding diaryl/α,β-unsaturated/α-hetero) is 1. The lowest BCUT2D eigenvalue weighted by atomic mass is 9.96. The Hall–Kier alpha value is -4.00. The zero-order valence-electron chi connectivity index (χ0n) is 16.4. The Kier molecular flexibility index (Phi) is 4.51. The second kappa shape index (κ2) is 7.36. The standard InChI is InChI=1S/C24H19NO6/c26-17-7-2-1-6-16(17)25-21(19-8-4-12-31-19)20(23(28)24(25)29)22(27)15-9-10-18-14(13-15)5-3-11-30-18/h1-2,4,6-10,12-13,21,26-27H,3,5,11H2/b22-20-. The third-order valence-electron chi connectivity index (χ3n) is 5.58. The van der Waals surface area contributed by atoms with Crippen molar-refractivity contribution in [2.45, 2.75) is 18.9 Å². The number of carbonyl (C=O) groups excluding carboxylic acids is 2. The monoisotopic (exact) mass is 417 g/mol. The van der Waals surface area contributed by atoms with Crippen LogP contribution in [0.4, 0.5) is 5.69 Å². The number of phenols is 1. The smallest absolute Gasteiger partial charge is 0.300 e. The number of ether oxygens (including phenoxy) is 1. The highest BCUT2D eigenvalue weighted by Crippen LogP contribution is 2.45. The largest absolute Gasteiger partial charge is 0.507 e. The minimum absolute atomic E-state index is 0.0973. The number of carbonyl (C=O) groups is 2. The first-order chi connectivity index (χ1) is 15.1. The fourth-order valence-corrected chi connectivity index (χ4v) is 4.13. The van der Waals surface area contributed by atoms with Gasteiger partial charge in [-0.2, -0.15) is 0 Å². The molecule has 156 valence electrons. The maximum atomic E-state index is 13.1. The lowest BCUT2D eigenvalue weighted by Crippen LogP contribution is -2.29. The van der Waals surface area contributed by atoms with Crippen LogP contribution in [0.1, 0.15) is 29.3 Å². The normalized spacial score (nSPS) is 19.9. The number of para-hydroxylation sites is 2. The Bertz CT molecular complexity index is 1210. The summed E-state index contributed by atoms with van der Waals surface area (Å²) in [5.41, 5.74) is 1.40. The van der Waals surface area contributed by atoms with Crippen molar-refractivity contribution in [3.8, 4) is 11.5 Å². The van der Waals surface area contributed by atoms with Gasteiger partial charge in [0.15, 0.2) is 0 Å². The molecule has 0 saturated carbocycles. The molecule has 3 aromatic rings. The fourth-order valence-electron chi connectivity index (χ4n) is 4.13. The number of hydrogen-bond acceptors (Lipinski definition) is 6. The maximum Gasteiger partial charge on any atom is 0.300 e. The minimum atomic E-state index is -1.02. The van der Waals surface area contributed by atoms with Crippen molar-refractivity contribution in [2.75, 3.05) is 11.5 Å². The Labute approximate surface area is 177 Å². The highest BCUT2D eigenvalue weighted by Gasteiger charge is 2.49. The van der Waals surface area contributed by atoms with Crippen LogP contribution in [0.25, 0.3) is 5.76 Å². The predicted octanol–water partition coefficient (Wildman–Crippen LogP) is 3.94. The molecule has 7 heteroatoms. The summed E-state index contributed by atoms with van der Waals surface area (Å²) in [6.45, 7) is 0.641. The van der Waals surface area contributed by atoms with E-state index in [0.717, 1.165) is 29.1 Å². The number of anilines is 1. The number of rotatable bonds is 3. The molecule has 0 radical (unpaired) electrons. The molecule has 1 unspecified atom stereocenters. The number of aliphatic hydroxyl groups is 1. The van der Waals surface area contributed by atoms with Crippen LogP contribution in [-0.4, -0.2) is 28.5 Å². The van der Waals surface area contributed by atoms with Crippen molar-refractivity contribution in [3.05, 3.63) is 83.3 Å². The van der Waals surface area contributed by atoms with E-state index in [9.17, 15) is 19.8 Å². The Balaban J connectivity index is 1.69. The highest BCUT2D eigenvalue weighted by atomic mass is 16.5. The quantitative estimate of drug-likeness (QED) is 0.380. The molecule has 1 atom stereocenters. The van der Waals surface area contributed by atoms with Gasteiger partial charge in [-0.05, 0) is 60.9 Å². The first kappa shape index (κ1) is 19.0. The number of aromatic hydroxyl groups is 1. The van der Waals surface area contributed by atoms with Crippen LogP contribution >= 0.6 is 0 Å². The number of furan rings is 1. The van der Waals surface area contributed by atoms with Gasteiger partial charge in [-0.3, -0.25) is 14.5 Å². The molecule has 7 nitrogen and oxygen atoms in total. The van der Waals surface area contributed by atoms with Crippen LogP contribution < -0.4 is 9.64 Å². The van der Waals surface area contributed by atoms with Gasteiger partial charge in [-0.25, -0.2) is 0 Å². The second-order valence-electron chi connectivity index (χ2n) is 7.45. The number of phenolic OH excluding ortho intramolecular Hbond substituents is 1. The fraction of sp³-hybridized carbons (Fsp3) is 0.167. The third kappa shape index (κ3) is 3.06. The summed E-state index contributed by atoms with van der Waals surface area (Å²) in [7, 11) is 0. The van der Waals surface area contributed by atoms with E-state index in [1.54, 1.807) is 42.5 Å². The summed E-state index contributed by atoms with van der Waals surface area (Å²) in [4.78, 5) is 27.2. The van der Waals surface area contributed by atoms with Crippen LogP contribution in [0.5, 0.6) is 11.5 Å². The molecule has 0 bridgehead atoms. The Morgan fingerprint density at radius 1 is 1.06 bits per heavy atom. The number of nitrogens with zero attached hydrogens (tertiary/aromatic N) is 1. The van der Waals surface area contributed by atoms with E-state index in [0.29, 0.717) is 17.9 Å². The zero-order valence-corrected chi connectivity index (χ0v) is 16.4. The first-order valence-corrected chi connectivity index (χ1v) is 9.95. The van der Waals surface area contributed by atoms with E-state index in [-0.39, 0.29) is 22.8 Å². The number of amides is 1. The van der Waals surface area contributed by atoms with Gasteiger partial charge >= 0.3 is 0 Å². The molecule has 3 heterocycles. The topological polar surface area (TPSA) is 100 Å². The van der Waals surface area contributed by atoms with E-state index in [2.05, 4.69) is 0 Å². The van der Waals surface area contributed by atoms with Crippen molar-refractivity contribution in [1.82, 2.24) is 0 Å². The van der Waals surface area contributed by atoms with Gasteiger partial charge in [0.25, 0.3) is 11.7 Å². The number of aryl methyl sites for hydroxylation is 1. The molecule has 0 aliphatic carbocycles. The average Bonchev–Trinajstić information content (AvgIpc) is 3.41. The van der Waals surface area contributed by atoms with Crippen molar-refractivity contribution in [1.29, 1.82) is 0 Å².